The van der Waals surface area contributed by atoms with E-state index in [0.29, 0.717) is 6.61 Å². The highest BCUT2D eigenvalue weighted by Crippen LogP contribution is 2.23. The van der Waals surface area contributed by atoms with E-state index in [9.17, 15) is 0 Å². The van der Waals surface area contributed by atoms with Crippen LogP contribution in [0, 0.1) is 0 Å². The van der Waals surface area contributed by atoms with Crippen LogP contribution in [0.3, 0.4) is 0 Å². The van der Waals surface area contributed by atoms with E-state index in [-0.39, 0.29) is 6.61 Å². The second-order valence-electron chi connectivity index (χ2n) is 3.60. The molecule has 0 aliphatic carbocycles. The first kappa shape index (κ1) is 12.1. The summed E-state index contributed by atoms with van der Waals surface area (Å²) in [5.74, 6) is 0.778. The van der Waals surface area contributed by atoms with Gasteiger partial charge in [-0.05, 0) is 35.4 Å². The van der Waals surface area contributed by atoms with E-state index >= 15 is 0 Å². The predicted molar refractivity (Wildman–Crippen MR) is 72.2 cm³/mol. The second kappa shape index (κ2) is 5.84. The van der Waals surface area contributed by atoms with Crippen molar-refractivity contribution in [2.24, 2.45) is 0 Å². The van der Waals surface area contributed by atoms with E-state index in [1.54, 1.807) is 0 Å². The third-order valence-corrected chi connectivity index (χ3v) is 2.92. The molecule has 2 aromatic rings. The topological polar surface area (TPSA) is 29.5 Å². The fourth-order valence-corrected chi connectivity index (χ4v) is 1.81. The van der Waals surface area contributed by atoms with Crippen molar-refractivity contribution in [1.82, 2.24) is 0 Å². The minimum atomic E-state index is 0.0362. The van der Waals surface area contributed by atoms with Crippen molar-refractivity contribution in [3.05, 3.63) is 53.0 Å². The van der Waals surface area contributed by atoms with Crippen LogP contribution in [0.1, 0.15) is 0 Å². The third kappa shape index (κ3) is 3.32. The number of hydrogen-bond acceptors (Lipinski definition) is 2. The van der Waals surface area contributed by atoms with Gasteiger partial charge in [0.15, 0.2) is 0 Å². The molecule has 17 heavy (non-hydrogen) atoms. The molecule has 0 heterocycles. The summed E-state index contributed by atoms with van der Waals surface area (Å²) in [5, 5.41) is 8.66. The molecule has 0 amide bonds. The number of ether oxygens (including phenoxy) is 1. The van der Waals surface area contributed by atoms with Gasteiger partial charge in [-0.25, -0.2) is 0 Å². The average Bonchev–Trinajstić information content (AvgIpc) is 2.38. The highest BCUT2D eigenvalue weighted by molar-refractivity contribution is 9.10. The first-order valence-corrected chi connectivity index (χ1v) is 6.18. The van der Waals surface area contributed by atoms with Gasteiger partial charge >= 0.3 is 0 Å². The van der Waals surface area contributed by atoms with Gasteiger partial charge in [-0.15, -0.1) is 0 Å². The summed E-state index contributed by atoms with van der Waals surface area (Å²) in [6, 6.07) is 16.0. The molecule has 88 valence electrons. The molecule has 2 rings (SSSR count). The van der Waals surface area contributed by atoms with Gasteiger partial charge in [0.05, 0.1) is 6.61 Å². The largest absolute Gasteiger partial charge is 0.491 e. The van der Waals surface area contributed by atoms with E-state index in [1.807, 2.05) is 36.4 Å². The summed E-state index contributed by atoms with van der Waals surface area (Å²) in [6.45, 7) is 0.367. The Morgan fingerprint density at radius 1 is 0.882 bits per heavy atom. The van der Waals surface area contributed by atoms with Crippen LogP contribution in [-0.2, 0) is 0 Å². The Morgan fingerprint density at radius 3 is 1.94 bits per heavy atom. The summed E-state index contributed by atoms with van der Waals surface area (Å²) >= 11 is 3.41. The van der Waals surface area contributed by atoms with E-state index < -0.39 is 0 Å². The first-order valence-electron chi connectivity index (χ1n) is 5.39. The second-order valence-corrected chi connectivity index (χ2v) is 4.52. The molecule has 0 saturated carbocycles. The van der Waals surface area contributed by atoms with Crippen LogP contribution in [0.4, 0.5) is 0 Å². The number of hydrogen-bond donors (Lipinski definition) is 1. The number of rotatable bonds is 4. The maximum Gasteiger partial charge on any atom is 0.119 e. The molecule has 0 saturated heterocycles. The summed E-state index contributed by atoms with van der Waals surface area (Å²) in [5.41, 5.74) is 2.32. The Bertz CT molecular complexity index is 463. The van der Waals surface area contributed by atoms with Crippen molar-refractivity contribution < 1.29 is 9.84 Å². The Balaban J connectivity index is 2.14. The summed E-state index contributed by atoms with van der Waals surface area (Å²) < 4.78 is 6.38. The van der Waals surface area contributed by atoms with Crippen LogP contribution in [0.15, 0.2) is 53.0 Å². The lowest BCUT2D eigenvalue weighted by molar-refractivity contribution is 0.201. The maximum absolute atomic E-state index is 8.66. The van der Waals surface area contributed by atoms with Crippen molar-refractivity contribution in [3.63, 3.8) is 0 Å². The minimum absolute atomic E-state index is 0.0362. The van der Waals surface area contributed by atoms with E-state index in [4.69, 9.17) is 9.84 Å². The summed E-state index contributed by atoms with van der Waals surface area (Å²) in [6.07, 6.45) is 0. The molecule has 0 fully saturated rings. The highest BCUT2D eigenvalue weighted by atomic mass is 79.9. The molecule has 0 aromatic heterocycles. The van der Waals surface area contributed by atoms with E-state index in [0.717, 1.165) is 15.8 Å². The summed E-state index contributed by atoms with van der Waals surface area (Å²) in [7, 11) is 0. The normalized spacial score (nSPS) is 10.2. The molecule has 1 N–H and O–H groups in total. The monoisotopic (exact) mass is 292 g/mol. The van der Waals surface area contributed by atoms with Gasteiger partial charge in [0.2, 0.25) is 0 Å². The van der Waals surface area contributed by atoms with Gasteiger partial charge < -0.3 is 9.84 Å². The molecule has 0 unspecified atom stereocenters. The van der Waals surface area contributed by atoms with E-state index in [2.05, 4.69) is 28.1 Å². The Kier molecular flexibility index (Phi) is 4.18. The van der Waals surface area contributed by atoms with Crippen molar-refractivity contribution >= 4 is 15.9 Å². The Labute approximate surface area is 109 Å². The van der Waals surface area contributed by atoms with Crippen LogP contribution in [0.2, 0.25) is 0 Å². The Morgan fingerprint density at radius 2 is 1.41 bits per heavy atom. The molecule has 2 aromatic carbocycles. The average molecular weight is 293 g/mol. The van der Waals surface area contributed by atoms with E-state index in [1.165, 1.54) is 5.56 Å². The SMILES string of the molecule is OCCOc1ccc(-c2ccc(Br)cc2)cc1. The van der Waals surface area contributed by atoms with Crippen LogP contribution >= 0.6 is 15.9 Å². The van der Waals surface area contributed by atoms with Crippen molar-refractivity contribution in [1.29, 1.82) is 0 Å². The lowest BCUT2D eigenvalue weighted by Gasteiger charge is -2.06. The molecule has 0 radical (unpaired) electrons. The van der Waals surface area contributed by atoms with Gasteiger partial charge in [-0.3, -0.25) is 0 Å². The lowest BCUT2D eigenvalue weighted by Crippen LogP contribution is -2.01. The van der Waals surface area contributed by atoms with Gasteiger partial charge in [-0.2, -0.15) is 0 Å². The smallest absolute Gasteiger partial charge is 0.119 e. The van der Waals surface area contributed by atoms with Crippen LogP contribution in [0.25, 0.3) is 11.1 Å². The van der Waals surface area contributed by atoms with Crippen molar-refractivity contribution in [3.8, 4) is 16.9 Å². The number of benzene rings is 2. The lowest BCUT2D eigenvalue weighted by atomic mass is 10.1. The van der Waals surface area contributed by atoms with Gasteiger partial charge in [0.1, 0.15) is 12.4 Å². The fraction of sp³-hybridized carbons (Fsp3) is 0.143. The number of halogens is 1. The van der Waals surface area contributed by atoms with Gasteiger partial charge in [0.25, 0.3) is 0 Å². The number of aliphatic hydroxyl groups is 1. The molecular formula is C14H13BrO2. The molecule has 0 aliphatic heterocycles. The van der Waals surface area contributed by atoms with Gasteiger partial charge in [0, 0.05) is 4.47 Å². The van der Waals surface area contributed by atoms with Crippen LogP contribution < -0.4 is 4.74 Å². The minimum Gasteiger partial charge on any atom is -0.491 e. The zero-order valence-corrected chi connectivity index (χ0v) is 10.9. The molecule has 2 nitrogen and oxygen atoms in total. The molecular weight excluding hydrogens is 280 g/mol. The Hall–Kier alpha value is -1.32. The molecule has 0 bridgehead atoms. The number of aliphatic hydroxyl groups excluding tert-OH is 1. The van der Waals surface area contributed by atoms with Crippen molar-refractivity contribution in [2.75, 3.05) is 13.2 Å². The predicted octanol–water partition coefficient (Wildman–Crippen LogP) is 3.49. The third-order valence-electron chi connectivity index (χ3n) is 2.39. The molecule has 0 atom stereocenters. The standard InChI is InChI=1S/C14H13BrO2/c15-13-5-1-11(2-6-13)12-3-7-14(8-4-12)17-10-9-16/h1-8,16H,9-10H2. The zero-order chi connectivity index (χ0) is 12.1. The fourth-order valence-electron chi connectivity index (χ4n) is 1.55. The highest BCUT2D eigenvalue weighted by Gasteiger charge is 1.98. The zero-order valence-electron chi connectivity index (χ0n) is 9.27. The van der Waals surface area contributed by atoms with Crippen molar-refractivity contribution in [2.45, 2.75) is 0 Å². The quantitative estimate of drug-likeness (QED) is 0.935. The first-order chi connectivity index (χ1) is 8.29. The molecule has 0 spiro atoms. The molecule has 3 heteroatoms. The van der Waals surface area contributed by atoms with Gasteiger partial charge in [-0.1, -0.05) is 40.2 Å². The summed E-state index contributed by atoms with van der Waals surface area (Å²) in [4.78, 5) is 0. The molecule has 0 aliphatic rings. The van der Waals surface area contributed by atoms with Crippen LogP contribution in [-0.4, -0.2) is 18.3 Å². The van der Waals surface area contributed by atoms with Crippen LogP contribution in [0.5, 0.6) is 5.75 Å². The maximum atomic E-state index is 8.66.